The summed E-state index contributed by atoms with van der Waals surface area (Å²) in [6, 6.07) is 4.76. The number of methoxy groups -OCH3 is 2. The number of nitrogens with zero attached hydrogens (tertiary/aromatic N) is 1. The molecule has 7 atom stereocenters. The van der Waals surface area contributed by atoms with Gasteiger partial charge in [-0.25, -0.2) is 0 Å². The molecular weight excluding hydrogens is 368 g/mol. The highest BCUT2D eigenvalue weighted by atomic mass is 16.6. The number of ether oxygens (including phenoxy) is 3. The van der Waals surface area contributed by atoms with E-state index in [0.717, 1.165) is 43.0 Å². The number of quaternary nitrogens is 1. The molecule has 0 amide bonds. The fourth-order valence-electron chi connectivity index (χ4n) is 7.91. The van der Waals surface area contributed by atoms with Crippen molar-refractivity contribution in [3.05, 3.63) is 35.4 Å². The summed E-state index contributed by atoms with van der Waals surface area (Å²) in [5.74, 6) is 1.69. The van der Waals surface area contributed by atoms with Gasteiger partial charge in [0, 0.05) is 31.4 Å². The fraction of sp³-hybridized carbons (Fsp3) is 0.609. The summed E-state index contributed by atoms with van der Waals surface area (Å²) in [6.45, 7) is 3.03. The molecule has 2 heterocycles. The Morgan fingerprint density at radius 1 is 1.31 bits per heavy atom. The van der Waals surface area contributed by atoms with Crippen molar-refractivity contribution in [2.45, 2.75) is 49.3 Å². The van der Waals surface area contributed by atoms with E-state index in [-0.39, 0.29) is 22.9 Å². The van der Waals surface area contributed by atoms with Crippen molar-refractivity contribution in [1.29, 1.82) is 0 Å². The number of fused-ring (bicyclic) bond motifs is 1. The first-order valence-electron chi connectivity index (χ1n) is 10.6. The van der Waals surface area contributed by atoms with Crippen molar-refractivity contribution in [1.82, 2.24) is 0 Å². The molecule has 2 N–H and O–H groups in total. The zero-order chi connectivity index (χ0) is 20.2. The first-order chi connectivity index (χ1) is 14.0. The normalized spacial score (nSPS) is 45.7. The van der Waals surface area contributed by atoms with Crippen LogP contribution in [-0.2, 0) is 16.6 Å². The van der Waals surface area contributed by atoms with Crippen molar-refractivity contribution in [3.63, 3.8) is 0 Å². The van der Waals surface area contributed by atoms with Gasteiger partial charge < -0.3 is 24.3 Å². The number of hydrogen-bond donors (Lipinski definition) is 2. The summed E-state index contributed by atoms with van der Waals surface area (Å²) in [5, 5.41) is 13.3. The lowest BCUT2D eigenvalue weighted by Gasteiger charge is -2.69. The standard InChI is InChI=1S/C23H28N2O4/c1-13(24-26)15-12-21-7-8-23(15,28-4)20-22(21)9-10-25(2)17(21)11-14-5-6-16(27-3)19(29-20)18(14)22/h5-8,15,17,20,26H,9-12H2,1-4H3/p+1/t15-,17-,20-,21-,22+,23-/m1/s1. The quantitative estimate of drug-likeness (QED) is 0.350. The average molecular weight is 397 g/mol. The third kappa shape index (κ3) is 1.65. The maximum absolute atomic E-state index is 9.69. The molecule has 1 aromatic carbocycles. The summed E-state index contributed by atoms with van der Waals surface area (Å²) in [7, 11) is 5.81. The van der Waals surface area contributed by atoms with Crippen LogP contribution in [0.3, 0.4) is 0 Å². The number of likely N-dealkylation sites (tertiary alicyclic amines) is 1. The highest BCUT2D eigenvalue weighted by Gasteiger charge is 2.80. The van der Waals surface area contributed by atoms with Crippen LogP contribution in [0.25, 0.3) is 0 Å². The molecule has 2 fully saturated rings. The van der Waals surface area contributed by atoms with E-state index in [9.17, 15) is 5.21 Å². The topological polar surface area (TPSA) is 64.7 Å². The summed E-state index contributed by atoms with van der Waals surface area (Å²) in [6.07, 6.45) is 7.54. The van der Waals surface area contributed by atoms with Crippen LogP contribution in [0.2, 0.25) is 0 Å². The van der Waals surface area contributed by atoms with Gasteiger partial charge in [0.1, 0.15) is 17.7 Å². The summed E-state index contributed by atoms with van der Waals surface area (Å²) < 4.78 is 18.9. The molecule has 4 bridgehead atoms. The smallest absolute Gasteiger partial charge is 0.166 e. The predicted octanol–water partition coefficient (Wildman–Crippen LogP) is 1.35. The van der Waals surface area contributed by atoms with E-state index < -0.39 is 5.60 Å². The molecule has 1 unspecified atom stereocenters. The van der Waals surface area contributed by atoms with Gasteiger partial charge in [-0.2, -0.15) is 0 Å². The van der Waals surface area contributed by atoms with E-state index in [1.807, 2.05) is 6.92 Å². The number of oxime groups is 1. The van der Waals surface area contributed by atoms with Gasteiger partial charge in [-0.1, -0.05) is 23.4 Å². The molecule has 1 aromatic rings. The molecule has 0 radical (unpaired) electrons. The molecule has 7 rings (SSSR count). The van der Waals surface area contributed by atoms with E-state index in [2.05, 4.69) is 36.5 Å². The third-order valence-electron chi connectivity index (χ3n) is 9.10. The molecular formula is C23H29N2O4+. The first-order valence-corrected chi connectivity index (χ1v) is 10.6. The number of hydrogen-bond acceptors (Lipinski definition) is 5. The van der Waals surface area contributed by atoms with Gasteiger partial charge in [0.2, 0.25) is 0 Å². The monoisotopic (exact) mass is 397 g/mol. The lowest BCUT2D eigenvalue weighted by atomic mass is 9.37. The molecule has 6 aliphatic rings. The molecule has 1 saturated heterocycles. The van der Waals surface area contributed by atoms with Gasteiger partial charge >= 0.3 is 0 Å². The van der Waals surface area contributed by atoms with Gasteiger partial charge in [0.05, 0.1) is 37.2 Å². The van der Waals surface area contributed by atoms with Crippen LogP contribution in [0.5, 0.6) is 11.5 Å². The number of piperidine rings is 1. The average Bonchev–Trinajstić information content (AvgIpc) is 3.12. The predicted molar refractivity (Wildman–Crippen MR) is 107 cm³/mol. The van der Waals surface area contributed by atoms with Crippen LogP contribution in [-0.4, -0.2) is 56.5 Å². The number of likely N-dealkylation sites (N-methyl/N-ethyl adjacent to an activating group) is 1. The van der Waals surface area contributed by atoms with Gasteiger partial charge in [-0.3, -0.25) is 0 Å². The Kier molecular flexibility index (Phi) is 3.28. The Labute approximate surface area is 171 Å². The Balaban J connectivity index is 1.70. The molecule has 154 valence electrons. The fourth-order valence-corrected chi connectivity index (χ4v) is 7.91. The van der Waals surface area contributed by atoms with Crippen LogP contribution < -0.4 is 14.4 Å². The summed E-state index contributed by atoms with van der Waals surface area (Å²) >= 11 is 0. The van der Waals surface area contributed by atoms with Gasteiger partial charge in [-0.05, 0) is 25.0 Å². The van der Waals surface area contributed by atoms with Gasteiger partial charge in [-0.15, -0.1) is 0 Å². The maximum Gasteiger partial charge on any atom is 0.166 e. The van der Waals surface area contributed by atoms with E-state index >= 15 is 0 Å². The third-order valence-corrected chi connectivity index (χ3v) is 9.10. The molecule has 1 saturated carbocycles. The Hall–Kier alpha value is -2.05. The highest BCUT2D eigenvalue weighted by Crippen LogP contribution is 2.73. The molecule has 2 aliphatic heterocycles. The van der Waals surface area contributed by atoms with Crippen molar-refractivity contribution in [2.24, 2.45) is 16.5 Å². The Bertz CT molecular complexity index is 974. The van der Waals surface area contributed by atoms with Crippen LogP contribution in [0, 0.1) is 11.3 Å². The van der Waals surface area contributed by atoms with E-state index in [4.69, 9.17) is 14.2 Å². The van der Waals surface area contributed by atoms with E-state index in [0.29, 0.717) is 6.04 Å². The molecule has 0 aromatic heterocycles. The van der Waals surface area contributed by atoms with Crippen molar-refractivity contribution in [3.8, 4) is 11.5 Å². The summed E-state index contributed by atoms with van der Waals surface area (Å²) in [4.78, 5) is 1.58. The lowest BCUT2D eigenvalue weighted by Crippen LogP contribution is -3.18. The van der Waals surface area contributed by atoms with Gasteiger partial charge in [0.25, 0.3) is 0 Å². The molecule has 2 spiro atoms. The first kappa shape index (κ1) is 17.8. The maximum atomic E-state index is 9.69. The largest absolute Gasteiger partial charge is 0.493 e. The number of nitrogens with one attached hydrogen (secondary N) is 1. The van der Waals surface area contributed by atoms with E-state index in [1.54, 1.807) is 19.1 Å². The highest BCUT2D eigenvalue weighted by molar-refractivity contribution is 5.87. The lowest BCUT2D eigenvalue weighted by molar-refractivity contribution is -0.923. The second kappa shape index (κ2) is 5.35. The SMILES string of the molecule is COc1ccc2c3c1O[C@H]1[C@@]4(OC)C=C[C@@]5(C[C@@H]4C(C)=NO)[C@@H](C2)[NH+](C)CC[C@]315. The molecule has 6 nitrogen and oxygen atoms in total. The van der Waals surface area contributed by atoms with Crippen molar-refractivity contribution in [2.75, 3.05) is 27.8 Å². The minimum Gasteiger partial charge on any atom is -0.493 e. The molecule has 6 heteroatoms. The Morgan fingerprint density at radius 3 is 2.86 bits per heavy atom. The summed E-state index contributed by atoms with van der Waals surface area (Å²) in [5.41, 5.74) is 2.67. The van der Waals surface area contributed by atoms with Crippen molar-refractivity contribution >= 4 is 5.71 Å². The van der Waals surface area contributed by atoms with Gasteiger partial charge in [0.15, 0.2) is 11.5 Å². The minimum absolute atomic E-state index is 0.0177. The minimum atomic E-state index is -0.646. The molecule has 29 heavy (non-hydrogen) atoms. The zero-order valence-electron chi connectivity index (χ0n) is 17.5. The van der Waals surface area contributed by atoms with Crippen LogP contribution in [0.15, 0.2) is 29.4 Å². The van der Waals surface area contributed by atoms with Crippen LogP contribution in [0.1, 0.15) is 30.9 Å². The van der Waals surface area contributed by atoms with E-state index in [1.165, 1.54) is 11.1 Å². The number of rotatable bonds is 3. The van der Waals surface area contributed by atoms with Crippen LogP contribution >= 0.6 is 0 Å². The number of benzene rings is 1. The zero-order valence-corrected chi connectivity index (χ0v) is 17.5. The van der Waals surface area contributed by atoms with Crippen LogP contribution in [0.4, 0.5) is 0 Å². The second-order valence-electron chi connectivity index (χ2n) is 9.63. The van der Waals surface area contributed by atoms with Crippen molar-refractivity contribution < 1.29 is 24.3 Å². The Morgan fingerprint density at radius 2 is 2.14 bits per heavy atom. The molecule has 4 aliphatic carbocycles. The second-order valence-corrected chi connectivity index (χ2v) is 9.63.